The molecule has 3 rings (SSSR count). The van der Waals surface area contributed by atoms with Crippen LogP contribution in [0.25, 0.3) is 11.0 Å². The van der Waals surface area contributed by atoms with Crippen LogP contribution >= 0.6 is 0 Å². The molecule has 184 valence electrons. The molecule has 0 spiro atoms. The highest BCUT2D eigenvalue weighted by Gasteiger charge is 2.23. The first-order chi connectivity index (χ1) is 16.0. The number of rotatable bonds is 9. The lowest BCUT2D eigenvalue weighted by Crippen LogP contribution is -2.32. The van der Waals surface area contributed by atoms with Crippen molar-refractivity contribution in [1.82, 2.24) is 4.90 Å². The molecule has 2 unspecified atom stereocenters. The molecule has 1 heterocycles. The van der Waals surface area contributed by atoms with Gasteiger partial charge in [0.1, 0.15) is 23.7 Å². The Kier molecular flexibility index (Phi) is 8.09. The summed E-state index contributed by atoms with van der Waals surface area (Å²) in [5.41, 5.74) is 3.62. The first-order valence-electron chi connectivity index (χ1n) is 12.1. The van der Waals surface area contributed by atoms with Crippen molar-refractivity contribution in [3.05, 3.63) is 64.9 Å². The molecule has 0 aliphatic rings. The van der Waals surface area contributed by atoms with Crippen molar-refractivity contribution in [2.75, 3.05) is 20.7 Å². The lowest BCUT2D eigenvalue weighted by molar-refractivity contribution is 0.0216. The van der Waals surface area contributed by atoms with Crippen LogP contribution in [0.1, 0.15) is 73.7 Å². The number of aliphatic hydroxyl groups is 1. The molecule has 5 nitrogen and oxygen atoms in total. The Hall–Kier alpha value is -2.79. The van der Waals surface area contributed by atoms with E-state index in [1.807, 2.05) is 52.0 Å². The quantitative estimate of drug-likeness (QED) is 0.400. The van der Waals surface area contributed by atoms with Gasteiger partial charge in [-0.05, 0) is 73.1 Å². The highest BCUT2D eigenvalue weighted by atomic mass is 16.5. The maximum absolute atomic E-state index is 12.3. The molecule has 3 aromatic rings. The Balaban J connectivity index is 1.66. The van der Waals surface area contributed by atoms with Gasteiger partial charge in [-0.3, -0.25) is 4.79 Å². The summed E-state index contributed by atoms with van der Waals surface area (Å²) in [6, 6.07) is 14.0. The molecular weight excluding hydrogens is 426 g/mol. The number of carbonyl (C=O) groups excluding carboxylic acids is 1. The van der Waals surface area contributed by atoms with Crippen molar-refractivity contribution in [3.8, 4) is 5.75 Å². The van der Waals surface area contributed by atoms with Gasteiger partial charge in [0.05, 0.1) is 6.10 Å². The van der Waals surface area contributed by atoms with Gasteiger partial charge in [0, 0.05) is 31.0 Å². The van der Waals surface area contributed by atoms with E-state index in [1.165, 1.54) is 5.56 Å². The van der Waals surface area contributed by atoms with Crippen LogP contribution in [0.3, 0.4) is 0 Å². The molecule has 0 bridgehead atoms. The van der Waals surface area contributed by atoms with Crippen molar-refractivity contribution < 1.29 is 19.1 Å². The summed E-state index contributed by atoms with van der Waals surface area (Å²) in [4.78, 5) is 13.9. The van der Waals surface area contributed by atoms with Crippen LogP contribution in [0, 0.1) is 12.3 Å². The first kappa shape index (κ1) is 25.8. The molecule has 5 heteroatoms. The summed E-state index contributed by atoms with van der Waals surface area (Å²) in [6.07, 6.45) is 2.37. The van der Waals surface area contributed by atoms with E-state index < -0.39 is 6.10 Å². The van der Waals surface area contributed by atoms with Crippen molar-refractivity contribution in [3.63, 3.8) is 0 Å². The summed E-state index contributed by atoms with van der Waals surface area (Å²) in [5, 5.41) is 11.2. The third kappa shape index (κ3) is 6.20. The number of hydrogen-bond acceptors (Lipinski definition) is 4. The predicted molar refractivity (Wildman–Crippen MR) is 138 cm³/mol. The van der Waals surface area contributed by atoms with Crippen LogP contribution in [-0.4, -0.2) is 42.7 Å². The zero-order chi connectivity index (χ0) is 25.0. The Morgan fingerprint density at radius 3 is 2.47 bits per heavy atom. The number of ether oxygens (including phenoxy) is 1. The summed E-state index contributed by atoms with van der Waals surface area (Å²) >= 11 is 0. The zero-order valence-corrected chi connectivity index (χ0v) is 21.6. The molecule has 0 saturated carbocycles. The minimum atomic E-state index is -0.516. The van der Waals surface area contributed by atoms with Gasteiger partial charge in [-0.2, -0.15) is 0 Å². The van der Waals surface area contributed by atoms with Gasteiger partial charge in [0.25, 0.3) is 5.91 Å². The van der Waals surface area contributed by atoms with Crippen LogP contribution in [-0.2, 0) is 6.42 Å². The number of amides is 1. The fraction of sp³-hybridized carbons (Fsp3) is 0.483. The third-order valence-electron chi connectivity index (χ3n) is 6.50. The number of benzene rings is 2. The Labute approximate surface area is 203 Å². The monoisotopic (exact) mass is 465 g/mol. The van der Waals surface area contributed by atoms with E-state index in [-0.39, 0.29) is 17.9 Å². The predicted octanol–water partition coefficient (Wildman–Crippen LogP) is 6.36. The third-order valence-corrected chi connectivity index (χ3v) is 6.50. The van der Waals surface area contributed by atoms with E-state index >= 15 is 0 Å². The molecule has 0 fully saturated rings. The van der Waals surface area contributed by atoms with E-state index in [0.717, 1.165) is 47.3 Å². The maximum atomic E-state index is 12.3. The lowest BCUT2D eigenvalue weighted by atomic mass is 9.90. The number of nitrogens with zero attached hydrogens (tertiary/aromatic N) is 1. The van der Waals surface area contributed by atoms with Gasteiger partial charge in [0.15, 0.2) is 0 Å². The summed E-state index contributed by atoms with van der Waals surface area (Å²) in [5.74, 6) is 2.09. The van der Waals surface area contributed by atoms with Gasteiger partial charge < -0.3 is 19.2 Å². The summed E-state index contributed by atoms with van der Waals surface area (Å²) in [7, 11) is 3.52. The SMILES string of the molecule is CCC(CCc1ccc(OCC(O)C(C)(C)C)c(C)c1)c1cc2cc(C(=O)N(C)C)ccc2o1. The van der Waals surface area contributed by atoms with E-state index in [4.69, 9.17) is 9.15 Å². The number of hydrogen-bond donors (Lipinski definition) is 1. The molecule has 0 saturated heterocycles. The molecule has 1 aromatic heterocycles. The fourth-order valence-electron chi connectivity index (χ4n) is 3.99. The van der Waals surface area contributed by atoms with Crippen molar-refractivity contribution >= 4 is 16.9 Å². The van der Waals surface area contributed by atoms with Crippen LogP contribution in [0.5, 0.6) is 5.75 Å². The van der Waals surface area contributed by atoms with Gasteiger partial charge in [-0.15, -0.1) is 0 Å². The van der Waals surface area contributed by atoms with Crippen LogP contribution < -0.4 is 4.74 Å². The molecular formula is C29H39NO4. The molecule has 2 atom stereocenters. The standard InChI is InChI=1S/C29H39NO4/c1-8-21(26-17-23-16-22(28(32)30(6)7)12-14-25(23)34-26)11-9-20-10-13-24(19(2)15-20)33-18-27(31)29(3,4)5/h10,12-17,21,27,31H,8-9,11,18H2,1-7H3. The van der Waals surface area contributed by atoms with Gasteiger partial charge in [0.2, 0.25) is 0 Å². The minimum absolute atomic E-state index is 0.00703. The smallest absolute Gasteiger partial charge is 0.253 e. The fourth-order valence-corrected chi connectivity index (χ4v) is 3.99. The molecule has 1 N–H and O–H groups in total. The lowest BCUT2D eigenvalue weighted by Gasteiger charge is -2.26. The van der Waals surface area contributed by atoms with Gasteiger partial charge in [-0.1, -0.05) is 39.8 Å². The normalized spacial score (nSPS) is 13.6. The number of fused-ring (bicyclic) bond motifs is 1. The molecule has 2 aromatic carbocycles. The van der Waals surface area contributed by atoms with Gasteiger partial charge >= 0.3 is 0 Å². The van der Waals surface area contributed by atoms with E-state index in [0.29, 0.717) is 11.5 Å². The topological polar surface area (TPSA) is 62.9 Å². The molecule has 34 heavy (non-hydrogen) atoms. The average Bonchev–Trinajstić information content (AvgIpc) is 3.20. The van der Waals surface area contributed by atoms with Crippen molar-refractivity contribution in [1.29, 1.82) is 0 Å². The van der Waals surface area contributed by atoms with Crippen LogP contribution in [0.2, 0.25) is 0 Å². The van der Waals surface area contributed by atoms with E-state index in [1.54, 1.807) is 19.0 Å². The molecule has 0 aliphatic heterocycles. The Bertz CT molecular complexity index is 1120. The summed E-state index contributed by atoms with van der Waals surface area (Å²) < 4.78 is 12.0. The second kappa shape index (κ2) is 10.6. The van der Waals surface area contributed by atoms with Crippen molar-refractivity contribution in [2.24, 2.45) is 5.41 Å². The number of aliphatic hydroxyl groups excluding tert-OH is 1. The second-order valence-electron chi connectivity index (χ2n) is 10.5. The average molecular weight is 466 g/mol. The molecule has 0 aliphatic carbocycles. The van der Waals surface area contributed by atoms with E-state index in [9.17, 15) is 9.90 Å². The number of aryl methyl sites for hydroxylation is 2. The number of furan rings is 1. The van der Waals surface area contributed by atoms with Gasteiger partial charge in [-0.25, -0.2) is 0 Å². The van der Waals surface area contributed by atoms with Crippen molar-refractivity contribution in [2.45, 2.75) is 65.9 Å². The highest BCUT2D eigenvalue weighted by Crippen LogP contribution is 2.32. The molecule has 1 amide bonds. The maximum Gasteiger partial charge on any atom is 0.253 e. The minimum Gasteiger partial charge on any atom is -0.491 e. The first-order valence-corrected chi connectivity index (χ1v) is 12.1. The van der Waals surface area contributed by atoms with Crippen LogP contribution in [0.15, 0.2) is 46.9 Å². The highest BCUT2D eigenvalue weighted by molar-refractivity contribution is 5.97. The Morgan fingerprint density at radius 1 is 1.12 bits per heavy atom. The van der Waals surface area contributed by atoms with Crippen LogP contribution in [0.4, 0.5) is 0 Å². The second-order valence-corrected chi connectivity index (χ2v) is 10.5. The van der Waals surface area contributed by atoms with E-state index in [2.05, 4.69) is 25.1 Å². The Morgan fingerprint density at radius 2 is 1.85 bits per heavy atom. The summed E-state index contributed by atoms with van der Waals surface area (Å²) in [6.45, 7) is 10.5. The molecule has 0 radical (unpaired) electrons. The largest absolute Gasteiger partial charge is 0.491 e. The number of carbonyl (C=O) groups is 1. The zero-order valence-electron chi connectivity index (χ0n) is 21.6.